The van der Waals surface area contributed by atoms with Gasteiger partial charge in [0.15, 0.2) is 9.84 Å². The zero-order valence-electron chi connectivity index (χ0n) is 12.1. The molecule has 7 nitrogen and oxygen atoms in total. The second-order valence-corrected chi connectivity index (χ2v) is 9.32. The van der Waals surface area contributed by atoms with Gasteiger partial charge in [0.05, 0.1) is 16.4 Å². The first-order valence-electron chi connectivity index (χ1n) is 6.76. The van der Waals surface area contributed by atoms with Gasteiger partial charge in [-0.25, -0.2) is 21.6 Å². The molecular weight excluding hydrogens is 328 g/mol. The third-order valence-corrected chi connectivity index (χ3v) is 6.65. The standard InChI is InChI=1S/C13H18N2O5S2/c1-10(16)15-12-2-4-13(5-3-12)22(19,20)14-8-11-6-7-21(17,18)9-11/h2-5,11,14H,6-9H2,1H3,(H,15,16). The van der Waals surface area contributed by atoms with Gasteiger partial charge in [-0.15, -0.1) is 0 Å². The van der Waals surface area contributed by atoms with E-state index in [0.717, 1.165) is 0 Å². The SMILES string of the molecule is CC(=O)Nc1ccc(S(=O)(=O)NCC2CCS(=O)(=O)C2)cc1. The van der Waals surface area contributed by atoms with Crippen LogP contribution in [-0.4, -0.2) is 40.8 Å². The number of nitrogens with one attached hydrogen (secondary N) is 2. The highest BCUT2D eigenvalue weighted by Crippen LogP contribution is 2.19. The summed E-state index contributed by atoms with van der Waals surface area (Å²) < 4.78 is 49.4. The Morgan fingerprint density at radius 3 is 2.41 bits per heavy atom. The maximum absolute atomic E-state index is 12.1. The molecule has 0 aromatic heterocycles. The van der Waals surface area contributed by atoms with E-state index in [0.29, 0.717) is 12.1 Å². The molecule has 0 bridgehead atoms. The van der Waals surface area contributed by atoms with Crippen LogP contribution in [0.15, 0.2) is 29.2 Å². The van der Waals surface area contributed by atoms with E-state index in [4.69, 9.17) is 0 Å². The zero-order valence-corrected chi connectivity index (χ0v) is 13.7. The van der Waals surface area contributed by atoms with Crippen molar-refractivity contribution in [1.29, 1.82) is 0 Å². The van der Waals surface area contributed by atoms with Gasteiger partial charge in [-0.1, -0.05) is 0 Å². The molecule has 1 aliphatic rings. The van der Waals surface area contributed by atoms with Crippen LogP contribution in [0.25, 0.3) is 0 Å². The number of rotatable bonds is 5. The monoisotopic (exact) mass is 346 g/mol. The maximum atomic E-state index is 12.1. The Morgan fingerprint density at radius 1 is 1.27 bits per heavy atom. The van der Waals surface area contributed by atoms with E-state index < -0.39 is 19.9 Å². The molecule has 1 saturated heterocycles. The number of amides is 1. The van der Waals surface area contributed by atoms with E-state index in [1.807, 2.05) is 0 Å². The smallest absolute Gasteiger partial charge is 0.240 e. The molecule has 1 atom stereocenters. The lowest BCUT2D eigenvalue weighted by molar-refractivity contribution is -0.114. The van der Waals surface area contributed by atoms with Crippen LogP contribution in [0.5, 0.6) is 0 Å². The first-order chi connectivity index (χ1) is 10.2. The van der Waals surface area contributed by atoms with Crippen molar-refractivity contribution in [2.75, 3.05) is 23.4 Å². The summed E-state index contributed by atoms with van der Waals surface area (Å²) in [6.45, 7) is 1.47. The van der Waals surface area contributed by atoms with Crippen molar-refractivity contribution in [3.8, 4) is 0 Å². The van der Waals surface area contributed by atoms with Crippen LogP contribution in [0.1, 0.15) is 13.3 Å². The van der Waals surface area contributed by atoms with Crippen LogP contribution in [0, 0.1) is 5.92 Å². The Labute approximate surface area is 130 Å². The molecule has 0 aliphatic carbocycles. The molecule has 1 aromatic carbocycles. The van der Waals surface area contributed by atoms with E-state index in [1.165, 1.54) is 31.2 Å². The molecule has 1 fully saturated rings. The molecule has 122 valence electrons. The van der Waals surface area contributed by atoms with Gasteiger partial charge < -0.3 is 5.32 Å². The second-order valence-electron chi connectivity index (χ2n) is 5.33. The number of hydrogen-bond donors (Lipinski definition) is 2. The molecule has 0 saturated carbocycles. The largest absolute Gasteiger partial charge is 0.326 e. The highest BCUT2D eigenvalue weighted by atomic mass is 32.2. The molecule has 0 radical (unpaired) electrons. The van der Waals surface area contributed by atoms with Crippen LogP contribution in [0.2, 0.25) is 0 Å². The first kappa shape index (κ1) is 16.9. The molecule has 1 heterocycles. The van der Waals surface area contributed by atoms with Crippen molar-refractivity contribution in [2.24, 2.45) is 5.92 Å². The van der Waals surface area contributed by atoms with Crippen LogP contribution >= 0.6 is 0 Å². The van der Waals surface area contributed by atoms with Gasteiger partial charge in [0, 0.05) is 19.2 Å². The highest BCUT2D eigenvalue weighted by Gasteiger charge is 2.28. The predicted octanol–water partition coefficient (Wildman–Crippen LogP) is 0.358. The number of carbonyl (C=O) groups is 1. The van der Waals surface area contributed by atoms with E-state index in [9.17, 15) is 21.6 Å². The summed E-state index contributed by atoms with van der Waals surface area (Å²) in [5.41, 5.74) is 0.508. The minimum absolute atomic E-state index is 0.0248. The van der Waals surface area contributed by atoms with Crippen molar-refractivity contribution in [3.05, 3.63) is 24.3 Å². The third kappa shape index (κ3) is 4.52. The van der Waals surface area contributed by atoms with Gasteiger partial charge in [0.2, 0.25) is 15.9 Å². The van der Waals surface area contributed by atoms with Crippen LogP contribution in [0.4, 0.5) is 5.69 Å². The number of sulfonamides is 1. The van der Waals surface area contributed by atoms with Gasteiger partial charge in [0.25, 0.3) is 0 Å². The van der Waals surface area contributed by atoms with Gasteiger partial charge >= 0.3 is 0 Å². The van der Waals surface area contributed by atoms with Crippen LogP contribution in [-0.2, 0) is 24.7 Å². The van der Waals surface area contributed by atoms with Gasteiger partial charge in [-0.3, -0.25) is 4.79 Å². The van der Waals surface area contributed by atoms with Crippen LogP contribution in [0.3, 0.4) is 0 Å². The molecule has 1 unspecified atom stereocenters. The molecule has 1 aliphatic heterocycles. The molecule has 1 amide bonds. The van der Waals surface area contributed by atoms with E-state index in [2.05, 4.69) is 10.0 Å². The number of hydrogen-bond acceptors (Lipinski definition) is 5. The Bertz CT molecular complexity index is 754. The van der Waals surface area contributed by atoms with E-state index in [1.54, 1.807) is 0 Å². The Balaban J connectivity index is 1.99. The minimum Gasteiger partial charge on any atom is -0.326 e. The Kier molecular flexibility index (Phi) is 4.88. The fourth-order valence-electron chi connectivity index (χ4n) is 2.26. The fraction of sp³-hybridized carbons (Fsp3) is 0.462. The molecule has 2 rings (SSSR count). The summed E-state index contributed by atoms with van der Waals surface area (Å²) in [6.07, 6.45) is 0.478. The van der Waals surface area contributed by atoms with Crippen molar-refractivity contribution < 1.29 is 21.6 Å². The lowest BCUT2D eigenvalue weighted by Crippen LogP contribution is -2.30. The fourth-order valence-corrected chi connectivity index (χ4v) is 5.24. The minimum atomic E-state index is -3.69. The number of carbonyl (C=O) groups excluding carboxylic acids is 1. The number of sulfone groups is 1. The summed E-state index contributed by atoms with van der Waals surface area (Å²) in [5, 5.41) is 2.55. The van der Waals surface area contributed by atoms with E-state index in [-0.39, 0.29) is 34.8 Å². The molecule has 9 heteroatoms. The Morgan fingerprint density at radius 2 is 1.91 bits per heavy atom. The molecule has 0 spiro atoms. The number of benzene rings is 1. The van der Waals surface area contributed by atoms with E-state index >= 15 is 0 Å². The zero-order chi connectivity index (χ0) is 16.4. The normalized spacial score (nSPS) is 20.7. The second kappa shape index (κ2) is 6.35. The molecular formula is C13H18N2O5S2. The molecule has 1 aromatic rings. The third-order valence-electron chi connectivity index (χ3n) is 3.37. The maximum Gasteiger partial charge on any atom is 0.240 e. The number of anilines is 1. The van der Waals surface area contributed by atoms with Gasteiger partial charge in [-0.05, 0) is 36.6 Å². The summed E-state index contributed by atoms with van der Waals surface area (Å²) >= 11 is 0. The summed E-state index contributed by atoms with van der Waals surface area (Å²) in [4.78, 5) is 11.0. The quantitative estimate of drug-likeness (QED) is 0.800. The lowest BCUT2D eigenvalue weighted by Gasteiger charge is -2.11. The summed E-state index contributed by atoms with van der Waals surface area (Å²) in [5.74, 6) is -0.281. The highest BCUT2D eigenvalue weighted by molar-refractivity contribution is 7.91. The average Bonchev–Trinajstić information content (AvgIpc) is 2.76. The van der Waals surface area contributed by atoms with Crippen LogP contribution < -0.4 is 10.0 Å². The van der Waals surface area contributed by atoms with Crippen molar-refractivity contribution in [1.82, 2.24) is 4.72 Å². The lowest BCUT2D eigenvalue weighted by atomic mass is 10.1. The van der Waals surface area contributed by atoms with Gasteiger partial charge in [-0.2, -0.15) is 0 Å². The van der Waals surface area contributed by atoms with Crippen molar-refractivity contribution in [3.63, 3.8) is 0 Å². The van der Waals surface area contributed by atoms with Crippen molar-refractivity contribution in [2.45, 2.75) is 18.2 Å². The summed E-state index contributed by atoms with van der Waals surface area (Å²) in [6, 6.07) is 5.77. The Hall–Kier alpha value is -1.45. The van der Waals surface area contributed by atoms with Gasteiger partial charge in [0.1, 0.15) is 0 Å². The van der Waals surface area contributed by atoms with Crippen molar-refractivity contribution >= 4 is 31.5 Å². The summed E-state index contributed by atoms with van der Waals surface area (Å²) in [7, 11) is -6.71. The predicted molar refractivity (Wildman–Crippen MR) is 82.7 cm³/mol. The average molecular weight is 346 g/mol. The topological polar surface area (TPSA) is 109 Å². The first-order valence-corrected chi connectivity index (χ1v) is 10.1. The molecule has 22 heavy (non-hydrogen) atoms. The molecule has 2 N–H and O–H groups in total.